The summed E-state index contributed by atoms with van der Waals surface area (Å²) >= 11 is 0. The van der Waals surface area contributed by atoms with Gasteiger partial charge in [-0.3, -0.25) is 0 Å². The van der Waals surface area contributed by atoms with Gasteiger partial charge < -0.3 is 14.0 Å². The van der Waals surface area contributed by atoms with E-state index in [1.54, 1.807) is 14.2 Å². The van der Waals surface area contributed by atoms with Crippen LogP contribution in [0.4, 0.5) is 13.2 Å². The molecule has 0 saturated heterocycles. The Balaban J connectivity index is 1.94. The van der Waals surface area contributed by atoms with E-state index in [9.17, 15) is 13.2 Å². The van der Waals surface area contributed by atoms with E-state index < -0.39 is 11.7 Å². The minimum absolute atomic E-state index is 0.0899. The number of halogens is 3. The van der Waals surface area contributed by atoms with Crippen LogP contribution in [-0.4, -0.2) is 23.8 Å². The molecule has 1 heterocycles. The van der Waals surface area contributed by atoms with Crippen LogP contribution < -0.4 is 9.47 Å². The zero-order valence-electron chi connectivity index (χ0n) is 16.3. The molecule has 0 aliphatic rings. The van der Waals surface area contributed by atoms with Crippen molar-refractivity contribution in [3.05, 3.63) is 53.3 Å². The van der Waals surface area contributed by atoms with Crippen molar-refractivity contribution in [3.8, 4) is 11.5 Å². The normalized spacial score (nSPS) is 12.0. The maximum atomic E-state index is 13.0. The average Bonchev–Trinajstić information content (AvgIpc) is 3.03. The van der Waals surface area contributed by atoms with E-state index in [1.807, 2.05) is 36.6 Å². The second-order valence-electron chi connectivity index (χ2n) is 6.92. The lowest BCUT2D eigenvalue weighted by Gasteiger charge is -2.13. The molecular weight excluding hydrogens is 369 g/mol. The molecule has 3 rings (SSSR count). The van der Waals surface area contributed by atoms with E-state index in [0.717, 1.165) is 23.5 Å². The molecule has 0 radical (unpaired) electrons. The fourth-order valence-electron chi connectivity index (χ4n) is 3.28. The highest BCUT2D eigenvalue weighted by Gasteiger charge is 2.31. The lowest BCUT2D eigenvalue weighted by atomic mass is 10.1. The highest BCUT2D eigenvalue weighted by atomic mass is 19.4. The number of hydrogen-bond donors (Lipinski definition) is 0. The highest BCUT2D eigenvalue weighted by molar-refractivity contribution is 5.77. The molecule has 3 aromatic rings. The van der Waals surface area contributed by atoms with Crippen molar-refractivity contribution in [2.24, 2.45) is 0 Å². The van der Waals surface area contributed by atoms with Gasteiger partial charge in [0.25, 0.3) is 0 Å². The molecule has 2 aromatic carbocycles. The van der Waals surface area contributed by atoms with Crippen molar-refractivity contribution >= 4 is 11.0 Å². The third kappa shape index (κ3) is 3.93. The highest BCUT2D eigenvalue weighted by Crippen LogP contribution is 2.33. The van der Waals surface area contributed by atoms with Crippen LogP contribution in [0, 0.1) is 0 Å². The van der Waals surface area contributed by atoms with Crippen molar-refractivity contribution in [1.82, 2.24) is 9.55 Å². The predicted molar refractivity (Wildman–Crippen MR) is 102 cm³/mol. The fraction of sp³-hybridized carbons (Fsp3) is 0.381. The van der Waals surface area contributed by atoms with Gasteiger partial charge in [0.2, 0.25) is 0 Å². The Morgan fingerprint density at radius 1 is 1.00 bits per heavy atom. The Labute approximate surface area is 161 Å². The lowest BCUT2D eigenvalue weighted by Crippen LogP contribution is -2.08. The average molecular weight is 392 g/mol. The van der Waals surface area contributed by atoms with E-state index in [2.05, 4.69) is 4.98 Å². The zero-order chi connectivity index (χ0) is 20.5. The third-order valence-corrected chi connectivity index (χ3v) is 4.69. The van der Waals surface area contributed by atoms with E-state index in [4.69, 9.17) is 9.47 Å². The van der Waals surface area contributed by atoms with Crippen LogP contribution in [0.15, 0.2) is 36.4 Å². The Morgan fingerprint density at radius 2 is 1.71 bits per heavy atom. The monoisotopic (exact) mass is 392 g/mol. The van der Waals surface area contributed by atoms with Crippen LogP contribution in [-0.2, 0) is 19.1 Å². The number of fused-ring (bicyclic) bond motifs is 1. The van der Waals surface area contributed by atoms with E-state index >= 15 is 0 Å². The summed E-state index contributed by atoms with van der Waals surface area (Å²) in [5, 5.41) is 0. The molecule has 0 spiro atoms. The number of ether oxygens (including phenoxy) is 2. The van der Waals surface area contributed by atoms with Gasteiger partial charge in [0, 0.05) is 12.5 Å². The minimum atomic E-state index is -4.38. The number of alkyl halides is 3. The first-order valence-corrected chi connectivity index (χ1v) is 9.03. The Kier molecular flexibility index (Phi) is 5.54. The van der Waals surface area contributed by atoms with E-state index in [0.29, 0.717) is 35.5 Å². The van der Waals surface area contributed by atoms with E-state index in [-0.39, 0.29) is 5.92 Å². The van der Waals surface area contributed by atoms with Crippen molar-refractivity contribution in [2.45, 2.75) is 38.9 Å². The Hall–Kier alpha value is -2.70. The topological polar surface area (TPSA) is 36.3 Å². The molecule has 28 heavy (non-hydrogen) atoms. The molecule has 0 aliphatic heterocycles. The predicted octanol–water partition coefficient (Wildman–Crippen LogP) is 5.44. The van der Waals surface area contributed by atoms with Gasteiger partial charge in [-0.05, 0) is 42.3 Å². The van der Waals surface area contributed by atoms with E-state index in [1.165, 1.54) is 6.07 Å². The summed E-state index contributed by atoms with van der Waals surface area (Å²) in [6.45, 7) is 4.57. The number of hydrogen-bond acceptors (Lipinski definition) is 3. The molecule has 0 saturated carbocycles. The van der Waals surface area contributed by atoms with Gasteiger partial charge in [-0.25, -0.2) is 4.98 Å². The zero-order valence-corrected chi connectivity index (χ0v) is 16.3. The Morgan fingerprint density at radius 3 is 2.32 bits per heavy atom. The van der Waals surface area contributed by atoms with Crippen LogP contribution in [0.2, 0.25) is 0 Å². The Bertz CT molecular complexity index is 978. The van der Waals surface area contributed by atoms with Crippen LogP contribution in [0.1, 0.15) is 36.7 Å². The number of methoxy groups -OCH3 is 2. The molecule has 0 unspecified atom stereocenters. The molecule has 0 bridgehead atoms. The third-order valence-electron chi connectivity index (χ3n) is 4.69. The van der Waals surface area contributed by atoms with Gasteiger partial charge in [-0.15, -0.1) is 0 Å². The number of imidazole rings is 1. The minimum Gasteiger partial charge on any atom is -0.493 e. The summed E-state index contributed by atoms with van der Waals surface area (Å²) in [6.07, 6.45) is -3.69. The molecule has 7 heteroatoms. The number of benzene rings is 2. The van der Waals surface area contributed by atoms with Gasteiger partial charge in [0.1, 0.15) is 5.82 Å². The second-order valence-corrected chi connectivity index (χ2v) is 6.92. The van der Waals surface area contributed by atoms with Gasteiger partial charge in [-0.1, -0.05) is 19.9 Å². The van der Waals surface area contributed by atoms with Crippen LogP contribution >= 0.6 is 0 Å². The lowest BCUT2D eigenvalue weighted by molar-refractivity contribution is -0.137. The number of aryl methyl sites for hydroxylation is 2. The van der Waals surface area contributed by atoms with Gasteiger partial charge >= 0.3 is 6.18 Å². The number of nitrogens with zero attached hydrogens (tertiary/aromatic N) is 2. The SMILES string of the molecule is COc1ccc(CCn2c(C(C)C)nc3cc(C(F)(F)F)ccc32)cc1OC. The van der Waals surface area contributed by atoms with Crippen molar-refractivity contribution in [3.63, 3.8) is 0 Å². The van der Waals surface area contributed by atoms with Crippen molar-refractivity contribution in [2.75, 3.05) is 14.2 Å². The van der Waals surface area contributed by atoms with Gasteiger partial charge in [0.05, 0.1) is 30.8 Å². The van der Waals surface area contributed by atoms with Crippen molar-refractivity contribution in [1.29, 1.82) is 0 Å². The first-order chi connectivity index (χ1) is 13.2. The first kappa shape index (κ1) is 20.0. The molecular formula is C21H23F3N2O2. The van der Waals surface area contributed by atoms with Crippen LogP contribution in [0.5, 0.6) is 11.5 Å². The second kappa shape index (κ2) is 7.73. The molecule has 0 aliphatic carbocycles. The molecule has 1 aromatic heterocycles. The van der Waals surface area contributed by atoms with Crippen LogP contribution in [0.3, 0.4) is 0 Å². The molecule has 0 amide bonds. The maximum absolute atomic E-state index is 13.0. The molecule has 4 nitrogen and oxygen atoms in total. The van der Waals surface area contributed by atoms with Crippen LogP contribution in [0.25, 0.3) is 11.0 Å². The standard InChI is InChI=1S/C21H23F3N2O2/c1-13(2)20-25-16-12-15(21(22,23)24)6-7-17(16)26(20)10-9-14-5-8-18(27-3)19(11-14)28-4/h5-8,11-13H,9-10H2,1-4H3. The molecule has 0 N–H and O–H groups in total. The fourth-order valence-corrected chi connectivity index (χ4v) is 3.28. The summed E-state index contributed by atoms with van der Waals surface area (Å²) in [6, 6.07) is 9.45. The maximum Gasteiger partial charge on any atom is 0.416 e. The summed E-state index contributed by atoms with van der Waals surface area (Å²) in [5.74, 6) is 2.17. The molecule has 0 fully saturated rings. The summed E-state index contributed by atoms with van der Waals surface area (Å²) in [7, 11) is 3.17. The smallest absolute Gasteiger partial charge is 0.416 e. The first-order valence-electron chi connectivity index (χ1n) is 9.03. The van der Waals surface area contributed by atoms with Gasteiger partial charge in [-0.2, -0.15) is 13.2 Å². The largest absolute Gasteiger partial charge is 0.493 e. The number of aromatic nitrogens is 2. The summed E-state index contributed by atoms with van der Waals surface area (Å²) in [4.78, 5) is 4.48. The summed E-state index contributed by atoms with van der Waals surface area (Å²) in [5.41, 5.74) is 1.43. The summed E-state index contributed by atoms with van der Waals surface area (Å²) < 4.78 is 51.7. The van der Waals surface area contributed by atoms with Gasteiger partial charge in [0.15, 0.2) is 11.5 Å². The number of rotatable bonds is 6. The quantitative estimate of drug-likeness (QED) is 0.561. The molecule has 0 atom stereocenters. The molecule has 150 valence electrons. The van der Waals surface area contributed by atoms with Crippen molar-refractivity contribution < 1.29 is 22.6 Å².